The summed E-state index contributed by atoms with van der Waals surface area (Å²) in [6.45, 7) is 0.942. The Hall–Kier alpha value is -4.31. The molecule has 1 aliphatic rings. The van der Waals surface area contributed by atoms with Crippen LogP contribution in [0.1, 0.15) is 17.5 Å². The number of urea groups is 1. The van der Waals surface area contributed by atoms with E-state index in [1.165, 1.54) is 12.1 Å². The summed E-state index contributed by atoms with van der Waals surface area (Å²) < 4.78 is 121. The summed E-state index contributed by atoms with van der Waals surface area (Å²) in [5, 5.41) is 4.19. The van der Waals surface area contributed by atoms with Crippen LogP contribution in [-0.4, -0.2) is 55.0 Å². The molecule has 2 amide bonds. The second-order valence-electron chi connectivity index (χ2n) is 10.2. The van der Waals surface area contributed by atoms with Gasteiger partial charge in [0.25, 0.3) is 10.0 Å². The van der Waals surface area contributed by atoms with Gasteiger partial charge in [0.05, 0.1) is 30.0 Å². The Balaban J connectivity index is 1.48. The summed E-state index contributed by atoms with van der Waals surface area (Å²) in [4.78, 5) is 15.9. The predicted octanol–water partition coefficient (Wildman–Crippen LogP) is 6.01. The monoisotopic (exact) mass is 642 g/mol. The van der Waals surface area contributed by atoms with Crippen molar-refractivity contribution in [2.75, 3.05) is 25.1 Å². The van der Waals surface area contributed by atoms with Crippen molar-refractivity contribution in [3.05, 3.63) is 77.6 Å². The fraction of sp³-hybridized carbons (Fsp3) is 0.286. The number of ether oxygens (including phenoxy) is 2. The van der Waals surface area contributed by atoms with Gasteiger partial charge in [-0.05, 0) is 37.1 Å². The molecule has 5 rings (SSSR count). The van der Waals surface area contributed by atoms with Crippen LogP contribution in [0, 0.1) is 18.6 Å². The van der Waals surface area contributed by atoms with Crippen molar-refractivity contribution in [2.24, 2.45) is 0 Å². The largest absolute Gasteiger partial charge is 0.450 e. The van der Waals surface area contributed by atoms with Gasteiger partial charge in [-0.3, -0.25) is 0 Å². The number of carbonyl (C=O) groups excluding carboxylic acids is 1. The van der Waals surface area contributed by atoms with Crippen LogP contribution in [0.25, 0.3) is 11.0 Å². The maximum Gasteiger partial charge on any atom is 0.389 e. The lowest BCUT2D eigenvalue weighted by molar-refractivity contribution is -0.133. The van der Waals surface area contributed by atoms with Gasteiger partial charge in [0.2, 0.25) is 0 Å². The zero-order valence-corrected chi connectivity index (χ0v) is 23.7. The number of nitrogens with one attached hydrogen (secondary N) is 2. The van der Waals surface area contributed by atoms with E-state index >= 15 is 8.78 Å². The minimum atomic E-state index is -4.60. The molecule has 0 aliphatic carbocycles. The molecule has 0 unspecified atom stereocenters. The minimum absolute atomic E-state index is 0.144. The van der Waals surface area contributed by atoms with Crippen LogP contribution in [0.5, 0.6) is 11.5 Å². The molecule has 3 heterocycles. The van der Waals surface area contributed by atoms with E-state index in [0.717, 1.165) is 24.0 Å². The number of halogens is 6. The van der Waals surface area contributed by atoms with Gasteiger partial charge in [0.15, 0.2) is 28.7 Å². The van der Waals surface area contributed by atoms with Gasteiger partial charge in [-0.15, -0.1) is 0 Å². The van der Waals surface area contributed by atoms with Crippen LogP contribution in [-0.2, 0) is 21.2 Å². The van der Waals surface area contributed by atoms with Crippen molar-refractivity contribution >= 4 is 32.8 Å². The SMILES string of the molecule is Cc1ccc(S(=O)(=O)n2cc(CCC(F)(F)F)c3c(Oc4c(F)cc(NC(=O)NCC5(F)COC5)cc4F)ccnc32)cc1. The summed E-state index contributed by atoms with van der Waals surface area (Å²) in [5.41, 5.74) is -1.78. The number of amides is 2. The third-order valence-electron chi connectivity index (χ3n) is 6.71. The van der Waals surface area contributed by atoms with Crippen LogP contribution in [0.3, 0.4) is 0 Å². The number of rotatable bonds is 9. The van der Waals surface area contributed by atoms with Crippen LogP contribution in [0.4, 0.5) is 36.8 Å². The molecule has 4 aromatic rings. The highest BCUT2D eigenvalue weighted by atomic mass is 32.2. The van der Waals surface area contributed by atoms with E-state index in [0.29, 0.717) is 16.1 Å². The zero-order valence-electron chi connectivity index (χ0n) is 22.8. The first-order chi connectivity index (χ1) is 20.6. The van der Waals surface area contributed by atoms with Crippen molar-refractivity contribution in [1.29, 1.82) is 0 Å². The molecule has 9 nitrogen and oxygen atoms in total. The van der Waals surface area contributed by atoms with Gasteiger partial charge >= 0.3 is 12.2 Å². The average molecular weight is 643 g/mol. The number of benzene rings is 2. The number of aryl methyl sites for hydroxylation is 2. The molecule has 0 saturated carbocycles. The normalized spacial score (nSPS) is 14.7. The number of fused-ring (bicyclic) bond motifs is 1. The second kappa shape index (κ2) is 11.6. The highest BCUT2D eigenvalue weighted by Gasteiger charge is 2.39. The van der Waals surface area contributed by atoms with Crippen LogP contribution < -0.4 is 15.4 Å². The second-order valence-corrected chi connectivity index (χ2v) is 12.0. The first-order valence-electron chi connectivity index (χ1n) is 13.0. The molecule has 0 spiro atoms. The van der Waals surface area contributed by atoms with E-state index in [2.05, 4.69) is 15.6 Å². The Morgan fingerprint density at radius 2 is 1.77 bits per heavy atom. The van der Waals surface area contributed by atoms with Crippen molar-refractivity contribution in [3.8, 4) is 11.5 Å². The van der Waals surface area contributed by atoms with Crippen LogP contribution >= 0.6 is 0 Å². The van der Waals surface area contributed by atoms with Crippen LogP contribution in [0.2, 0.25) is 0 Å². The van der Waals surface area contributed by atoms with Gasteiger partial charge < -0.3 is 20.1 Å². The number of alkyl halides is 4. The molecule has 44 heavy (non-hydrogen) atoms. The minimum Gasteiger partial charge on any atom is -0.450 e. The molecule has 2 N–H and O–H groups in total. The lowest BCUT2D eigenvalue weighted by Gasteiger charge is -2.33. The van der Waals surface area contributed by atoms with E-state index in [9.17, 15) is 30.8 Å². The number of carbonyl (C=O) groups is 1. The number of anilines is 1. The molecule has 0 bridgehead atoms. The standard InChI is InChI=1S/C28H24F6N4O5S/c1-16-2-4-19(5-3-16)44(40,41)38-12-17(6-8-28(32,33)34)23-22(7-9-35-25(23)38)43-24-20(29)10-18(11-21(24)30)37-26(39)36-13-27(31)14-42-15-27/h2-5,7,9-12H,6,8,13-15H2,1H3,(H2,36,37,39). The van der Waals surface area contributed by atoms with Gasteiger partial charge in [-0.2, -0.15) is 13.2 Å². The summed E-state index contributed by atoms with van der Waals surface area (Å²) in [6, 6.07) is 7.34. The van der Waals surface area contributed by atoms with Crippen LogP contribution in [0.15, 0.2) is 59.8 Å². The third-order valence-corrected chi connectivity index (χ3v) is 8.37. The lowest BCUT2D eigenvalue weighted by atomic mass is 10.1. The lowest BCUT2D eigenvalue weighted by Crippen LogP contribution is -2.54. The summed E-state index contributed by atoms with van der Waals surface area (Å²) >= 11 is 0. The Labute approximate surface area is 246 Å². The smallest absolute Gasteiger partial charge is 0.389 e. The fourth-order valence-corrected chi connectivity index (χ4v) is 5.75. The van der Waals surface area contributed by atoms with E-state index in [1.54, 1.807) is 19.1 Å². The van der Waals surface area contributed by atoms with E-state index < -0.39 is 58.1 Å². The molecular weight excluding hydrogens is 618 g/mol. The number of hydrogen-bond donors (Lipinski definition) is 2. The zero-order chi connectivity index (χ0) is 31.9. The van der Waals surface area contributed by atoms with Gasteiger partial charge in [0.1, 0.15) is 5.75 Å². The Morgan fingerprint density at radius 1 is 1.11 bits per heavy atom. The molecule has 1 saturated heterocycles. The first kappa shape index (κ1) is 31.1. The maximum absolute atomic E-state index is 15.1. The topological polar surface area (TPSA) is 112 Å². The average Bonchev–Trinajstić information content (AvgIpc) is 3.32. The first-order valence-corrected chi connectivity index (χ1v) is 14.5. The molecule has 16 heteroatoms. The molecule has 0 radical (unpaired) electrons. The fourth-order valence-electron chi connectivity index (χ4n) is 4.41. The maximum atomic E-state index is 15.1. The number of pyridine rings is 1. The number of hydrogen-bond acceptors (Lipinski definition) is 6. The quantitative estimate of drug-likeness (QED) is 0.217. The highest BCUT2D eigenvalue weighted by molar-refractivity contribution is 7.90. The molecular formula is C28H24F6N4O5S. The molecule has 1 fully saturated rings. The molecule has 234 valence electrons. The van der Waals surface area contributed by atoms with Crippen molar-refractivity contribution in [2.45, 2.75) is 36.5 Å². The Kier molecular flexibility index (Phi) is 8.24. The summed E-state index contributed by atoms with van der Waals surface area (Å²) in [6.07, 6.45) is -4.56. The summed E-state index contributed by atoms with van der Waals surface area (Å²) in [7, 11) is -4.36. The molecule has 0 atom stereocenters. The molecule has 1 aliphatic heterocycles. The van der Waals surface area contributed by atoms with Crippen molar-refractivity contribution < 1.29 is 49.0 Å². The Morgan fingerprint density at radius 3 is 2.36 bits per heavy atom. The van der Waals surface area contributed by atoms with Crippen molar-refractivity contribution in [1.82, 2.24) is 14.3 Å². The van der Waals surface area contributed by atoms with Gasteiger partial charge in [0, 0.05) is 36.6 Å². The summed E-state index contributed by atoms with van der Waals surface area (Å²) in [5.74, 6) is -3.95. The molecule has 2 aromatic heterocycles. The van der Waals surface area contributed by atoms with Crippen molar-refractivity contribution in [3.63, 3.8) is 0 Å². The molecule has 2 aromatic carbocycles. The van der Waals surface area contributed by atoms with E-state index in [-0.39, 0.29) is 52.7 Å². The van der Waals surface area contributed by atoms with Gasteiger partial charge in [-0.1, -0.05) is 17.7 Å². The van der Waals surface area contributed by atoms with E-state index in [1.807, 2.05) is 0 Å². The predicted molar refractivity (Wildman–Crippen MR) is 146 cm³/mol. The third kappa shape index (κ3) is 6.60. The number of nitrogens with zero attached hydrogens (tertiary/aromatic N) is 2. The van der Waals surface area contributed by atoms with E-state index in [4.69, 9.17) is 9.47 Å². The number of aromatic nitrogens is 2. The Bertz CT molecular complexity index is 1800. The van der Waals surface area contributed by atoms with Gasteiger partial charge in [-0.25, -0.2) is 35.3 Å². The highest BCUT2D eigenvalue weighted by Crippen LogP contribution is 2.38.